The van der Waals surface area contributed by atoms with Crippen molar-refractivity contribution >= 4 is 23.2 Å². The van der Waals surface area contributed by atoms with E-state index in [0.29, 0.717) is 16.7 Å². The van der Waals surface area contributed by atoms with Crippen molar-refractivity contribution < 1.29 is 4.74 Å². The van der Waals surface area contributed by atoms with E-state index in [1.165, 1.54) is 0 Å². The minimum atomic E-state index is 0.522. The van der Waals surface area contributed by atoms with Gasteiger partial charge in [0.05, 0.1) is 24.1 Å². The highest BCUT2D eigenvalue weighted by atomic mass is 35.5. The smallest absolute Gasteiger partial charge is 0.227 e. The summed E-state index contributed by atoms with van der Waals surface area (Å²) in [6.45, 7) is 4.09. The normalized spacial score (nSPS) is 10.8. The molecule has 0 saturated carbocycles. The van der Waals surface area contributed by atoms with E-state index in [1.807, 2.05) is 61.8 Å². The van der Waals surface area contributed by atoms with Gasteiger partial charge < -0.3 is 15.0 Å². The van der Waals surface area contributed by atoms with Crippen LogP contribution in [0.5, 0.6) is 5.75 Å². The SMILES string of the molecule is CCCc1cnc(Nc2ccc(-c3nc(C)c[nH]3)c(OC)c2)nc1-c1ccc(Cl)cc1. The molecule has 2 aromatic carbocycles. The molecule has 0 saturated heterocycles. The van der Waals surface area contributed by atoms with E-state index in [9.17, 15) is 0 Å². The Kier molecular flexibility index (Phi) is 6.18. The van der Waals surface area contributed by atoms with Gasteiger partial charge in [0, 0.05) is 34.7 Å². The Bertz CT molecular complexity index is 1190. The fraction of sp³-hybridized carbons (Fsp3) is 0.208. The molecule has 0 radical (unpaired) electrons. The van der Waals surface area contributed by atoms with Crippen LogP contribution in [0.4, 0.5) is 11.6 Å². The number of benzene rings is 2. The zero-order chi connectivity index (χ0) is 21.8. The van der Waals surface area contributed by atoms with Crippen LogP contribution in [0.25, 0.3) is 22.6 Å². The summed E-state index contributed by atoms with van der Waals surface area (Å²) < 4.78 is 5.59. The van der Waals surface area contributed by atoms with Gasteiger partial charge in [0.1, 0.15) is 11.6 Å². The Morgan fingerprint density at radius 3 is 2.58 bits per heavy atom. The summed E-state index contributed by atoms with van der Waals surface area (Å²) >= 11 is 6.06. The molecule has 31 heavy (non-hydrogen) atoms. The standard InChI is InChI=1S/C24H24ClN5O/c1-4-5-17-14-27-24(30-22(17)16-6-8-18(25)9-7-16)29-19-10-11-20(21(12-19)31-3)23-26-13-15(2)28-23/h6-14H,4-5H2,1-3H3,(H,26,28)(H,27,29,30). The Morgan fingerprint density at radius 1 is 1.10 bits per heavy atom. The fourth-order valence-electron chi connectivity index (χ4n) is 3.42. The van der Waals surface area contributed by atoms with E-state index >= 15 is 0 Å². The first-order chi connectivity index (χ1) is 15.1. The number of aromatic amines is 1. The summed E-state index contributed by atoms with van der Waals surface area (Å²) in [4.78, 5) is 17.0. The largest absolute Gasteiger partial charge is 0.496 e. The van der Waals surface area contributed by atoms with Gasteiger partial charge in [-0.1, -0.05) is 37.1 Å². The van der Waals surface area contributed by atoms with Gasteiger partial charge in [0.25, 0.3) is 0 Å². The first kappa shape index (κ1) is 20.9. The zero-order valence-corrected chi connectivity index (χ0v) is 18.5. The minimum absolute atomic E-state index is 0.522. The van der Waals surface area contributed by atoms with Gasteiger partial charge in [0.2, 0.25) is 5.95 Å². The average molecular weight is 434 g/mol. The second-order valence-corrected chi connectivity index (χ2v) is 7.69. The Morgan fingerprint density at radius 2 is 1.90 bits per heavy atom. The molecule has 2 aromatic heterocycles. The van der Waals surface area contributed by atoms with Crippen molar-refractivity contribution in [2.45, 2.75) is 26.7 Å². The lowest BCUT2D eigenvalue weighted by Gasteiger charge is -2.13. The van der Waals surface area contributed by atoms with Crippen molar-refractivity contribution in [3.8, 4) is 28.4 Å². The van der Waals surface area contributed by atoms with Gasteiger partial charge in [0.15, 0.2) is 0 Å². The highest BCUT2D eigenvalue weighted by Crippen LogP contribution is 2.32. The van der Waals surface area contributed by atoms with Crippen LogP contribution < -0.4 is 10.1 Å². The van der Waals surface area contributed by atoms with Crippen molar-refractivity contribution in [1.29, 1.82) is 0 Å². The summed E-state index contributed by atoms with van der Waals surface area (Å²) in [6, 6.07) is 13.6. The van der Waals surface area contributed by atoms with E-state index in [-0.39, 0.29) is 0 Å². The fourth-order valence-corrected chi connectivity index (χ4v) is 3.55. The van der Waals surface area contributed by atoms with E-state index < -0.39 is 0 Å². The molecule has 0 aliphatic carbocycles. The third-order valence-electron chi connectivity index (χ3n) is 4.92. The lowest BCUT2D eigenvalue weighted by molar-refractivity contribution is 0.416. The average Bonchev–Trinajstić information content (AvgIpc) is 3.21. The lowest BCUT2D eigenvalue weighted by Crippen LogP contribution is -2.02. The monoisotopic (exact) mass is 433 g/mol. The van der Waals surface area contributed by atoms with Crippen LogP contribution in [0.2, 0.25) is 5.02 Å². The molecule has 0 fully saturated rings. The molecule has 0 amide bonds. The van der Waals surface area contributed by atoms with Gasteiger partial charge in [-0.3, -0.25) is 0 Å². The molecule has 0 aliphatic rings. The Balaban J connectivity index is 1.66. The van der Waals surface area contributed by atoms with Gasteiger partial charge in [-0.25, -0.2) is 15.0 Å². The number of hydrogen-bond donors (Lipinski definition) is 2. The van der Waals surface area contributed by atoms with Crippen LogP contribution in [0, 0.1) is 6.92 Å². The molecule has 4 rings (SSSR count). The maximum absolute atomic E-state index is 6.06. The highest BCUT2D eigenvalue weighted by Gasteiger charge is 2.13. The Labute approximate surface area is 186 Å². The van der Waals surface area contributed by atoms with Crippen LogP contribution in [0.1, 0.15) is 24.6 Å². The van der Waals surface area contributed by atoms with Gasteiger partial charge in [-0.05, 0) is 43.2 Å². The number of rotatable bonds is 7. The number of anilines is 2. The molecular formula is C24H24ClN5O. The molecular weight excluding hydrogens is 410 g/mol. The second kappa shape index (κ2) is 9.18. The van der Waals surface area contributed by atoms with Gasteiger partial charge in [-0.15, -0.1) is 0 Å². The number of halogens is 1. The first-order valence-electron chi connectivity index (χ1n) is 10.2. The molecule has 0 unspecified atom stereocenters. The zero-order valence-electron chi connectivity index (χ0n) is 17.7. The molecule has 2 N–H and O–H groups in total. The Hall–Kier alpha value is -3.38. The van der Waals surface area contributed by atoms with Crippen LogP contribution in [0.3, 0.4) is 0 Å². The number of methoxy groups -OCH3 is 1. The van der Waals surface area contributed by atoms with Crippen molar-refractivity contribution in [3.05, 3.63) is 71.1 Å². The van der Waals surface area contributed by atoms with Gasteiger partial charge >= 0.3 is 0 Å². The van der Waals surface area contributed by atoms with Crippen molar-refractivity contribution in [2.75, 3.05) is 12.4 Å². The van der Waals surface area contributed by atoms with Gasteiger partial charge in [-0.2, -0.15) is 0 Å². The number of H-pyrrole nitrogens is 1. The number of imidazole rings is 1. The van der Waals surface area contributed by atoms with Crippen LogP contribution in [-0.2, 0) is 6.42 Å². The molecule has 6 nitrogen and oxygen atoms in total. The number of aryl methyl sites for hydroxylation is 2. The molecule has 0 spiro atoms. The quantitative estimate of drug-likeness (QED) is 0.363. The van der Waals surface area contributed by atoms with E-state index in [2.05, 4.69) is 27.2 Å². The second-order valence-electron chi connectivity index (χ2n) is 7.25. The van der Waals surface area contributed by atoms with Crippen molar-refractivity contribution in [3.63, 3.8) is 0 Å². The maximum Gasteiger partial charge on any atom is 0.227 e. The number of nitrogens with zero attached hydrogens (tertiary/aromatic N) is 3. The third kappa shape index (κ3) is 4.70. The summed E-state index contributed by atoms with van der Waals surface area (Å²) in [5, 5.41) is 4.00. The third-order valence-corrected chi connectivity index (χ3v) is 5.17. The summed E-state index contributed by atoms with van der Waals surface area (Å²) in [6.07, 6.45) is 5.68. The number of nitrogens with one attached hydrogen (secondary N) is 2. The lowest BCUT2D eigenvalue weighted by atomic mass is 10.0. The van der Waals surface area contributed by atoms with E-state index in [0.717, 1.165) is 52.4 Å². The van der Waals surface area contributed by atoms with Crippen molar-refractivity contribution in [1.82, 2.24) is 19.9 Å². The highest BCUT2D eigenvalue weighted by molar-refractivity contribution is 6.30. The molecule has 158 valence electrons. The molecule has 7 heteroatoms. The van der Waals surface area contributed by atoms with Crippen LogP contribution in [0.15, 0.2) is 54.9 Å². The van der Waals surface area contributed by atoms with Crippen molar-refractivity contribution in [2.24, 2.45) is 0 Å². The molecule has 0 bridgehead atoms. The topological polar surface area (TPSA) is 75.7 Å². The van der Waals surface area contributed by atoms with E-state index in [1.54, 1.807) is 7.11 Å². The van der Waals surface area contributed by atoms with Crippen LogP contribution >= 0.6 is 11.6 Å². The molecule has 0 atom stereocenters. The number of aromatic nitrogens is 4. The molecule has 2 heterocycles. The number of ether oxygens (including phenoxy) is 1. The van der Waals surface area contributed by atoms with E-state index in [4.69, 9.17) is 21.3 Å². The summed E-state index contributed by atoms with van der Waals surface area (Å²) in [5.74, 6) is 2.00. The summed E-state index contributed by atoms with van der Waals surface area (Å²) in [7, 11) is 1.65. The maximum atomic E-state index is 6.06. The molecule has 0 aliphatic heterocycles. The summed E-state index contributed by atoms with van der Waals surface area (Å²) in [5.41, 5.74) is 5.67. The first-order valence-corrected chi connectivity index (χ1v) is 10.5. The van der Waals surface area contributed by atoms with Crippen LogP contribution in [-0.4, -0.2) is 27.0 Å². The predicted molar refractivity (Wildman–Crippen MR) is 125 cm³/mol. The predicted octanol–water partition coefficient (Wildman–Crippen LogP) is 6.20. The number of hydrogen-bond acceptors (Lipinski definition) is 5. The molecule has 4 aromatic rings. The minimum Gasteiger partial charge on any atom is -0.496 e.